The molecule has 2 N–H and O–H groups in total. The van der Waals surface area contributed by atoms with Crippen LogP contribution in [0.5, 0.6) is 17.2 Å². The van der Waals surface area contributed by atoms with Crippen molar-refractivity contribution in [3.8, 4) is 17.2 Å². The molecule has 0 aliphatic rings. The first kappa shape index (κ1) is 14.7. The average molecular weight is 288 g/mol. The van der Waals surface area contributed by atoms with Gasteiger partial charge in [-0.3, -0.25) is 4.79 Å². The van der Waals surface area contributed by atoms with Crippen molar-refractivity contribution in [1.29, 1.82) is 0 Å². The van der Waals surface area contributed by atoms with E-state index in [0.29, 0.717) is 17.1 Å². The zero-order valence-electron chi connectivity index (χ0n) is 11.5. The quantitative estimate of drug-likeness (QED) is 0.854. The van der Waals surface area contributed by atoms with Crippen LogP contribution in [-0.2, 0) is 4.79 Å². The van der Waals surface area contributed by atoms with Crippen molar-refractivity contribution >= 4 is 5.97 Å². The van der Waals surface area contributed by atoms with E-state index in [4.69, 9.17) is 9.47 Å². The molecule has 1 unspecified atom stereocenters. The maximum absolute atomic E-state index is 11.4. The number of ether oxygens (including phenoxy) is 2. The lowest BCUT2D eigenvalue weighted by atomic mass is 9.99. The van der Waals surface area contributed by atoms with Gasteiger partial charge in [-0.2, -0.15) is 0 Å². The summed E-state index contributed by atoms with van der Waals surface area (Å²) in [5.41, 5.74) is 0.319. The van der Waals surface area contributed by atoms with Gasteiger partial charge in [0.05, 0.1) is 7.11 Å². The largest absolute Gasteiger partial charge is 0.508 e. The van der Waals surface area contributed by atoms with E-state index < -0.39 is 11.9 Å². The topological polar surface area (TPSA) is 76.0 Å². The molecule has 0 aromatic heterocycles. The van der Waals surface area contributed by atoms with Gasteiger partial charge in [0, 0.05) is 5.56 Å². The van der Waals surface area contributed by atoms with Crippen LogP contribution in [0.4, 0.5) is 0 Å². The summed E-state index contributed by atoms with van der Waals surface area (Å²) in [5.74, 6) is -1.10. The van der Waals surface area contributed by atoms with Crippen LogP contribution >= 0.6 is 0 Å². The monoisotopic (exact) mass is 288 g/mol. The average Bonchev–Trinajstić information content (AvgIpc) is 2.49. The number of hydrogen-bond acceptors (Lipinski definition) is 4. The molecule has 5 heteroatoms. The SMILES string of the molecule is COc1ccccc1OCC(C(=O)O)c1ccccc1O. The Morgan fingerprint density at radius 2 is 1.71 bits per heavy atom. The number of phenolic OH excluding ortho intramolecular Hbond substituents is 1. The standard InChI is InChI=1S/C16H16O5/c1-20-14-8-4-5-9-15(14)21-10-12(16(18)19)11-6-2-3-7-13(11)17/h2-9,12,17H,10H2,1H3,(H,18,19). The zero-order chi connectivity index (χ0) is 15.2. The highest BCUT2D eigenvalue weighted by Crippen LogP contribution is 2.30. The Labute approximate surface area is 122 Å². The van der Waals surface area contributed by atoms with Crippen LogP contribution in [0.1, 0.15) is 11.5 Å². The fourth-order valence-corrected chi connectivity index (χ4v) is 1.99. The third-order valence-electron chi connectivity index (χ3n) is 3.08. The van der Waals surface area contributed by atoms with Gasteiger partial charge in [0.1, 0.15) is 18.3 Å². The smallest absolute Gasteiger partial charge is 0.314 e. The number of aromatic hydroxyl groups is 1. The van der Waals surface area contributed by atoms with Crippen molar-refractivity contribution in [1.82, 2.24) is 0 Å². The van der Waals surface area contributed by atoms with Crippen molar-refractivity contribution in [2.24, 2.45) is 0 Å². The van der Waals surface area contributed by atoms with Gasteiger partial charge in [0.15, 0.2) is 11.5 Å². The Balaban J connectivity index is 2.18. The van der Waals surface area contributed by atoms with E-state index in [1.807, 2.05) is 0 Å². The van der Waals surface area contributed by atoms with Crippen LogP contribution in [0.2, 0.25) is 0 Å². The molecule has 2 aromatic carbocycles. The van der Waals surface area contributed by atoms with Crippen molar-refractivity contribution in [2.75, 3.05) is 13.7 Å². The molecule has 0 aliphatic carbocycles. The Morgan fingerprint density at radius 1 is 1.10 bits per heavy atom. The van der Waals surface area contributed by atoms with E-state index in [9.17, 15) is 15.0 Å². The molecule has 21 heavy (non-hydrogen) atoms. The summed E-state index contributed by atoms with van der Waals surface area (Å²) in [6.45, 7) is -0.104. The Kier molecular flexibility index (Phi) is 4.66. The molecular formula is C16H16O5. The van der Waals surface area contributed by atoms with Gasteiger partial charge in [-0.05, 0) is 18.2 Å². The molecule has 1 atom stereocenters. The second-order valence-electron chi connectivity index (χ2n) is 4.41. The molecule has 5 nitrogen and oxygen atoms in total. The maximum Gasteiger partial charge on any atom is 0.314 e. The molecule has 2 aromatic rings. The first-order valence-electron chi connectivity index (χ1n) is 6.40. The molecule has 0 saturated carbocycles. The zero-order valence-corrected chi connectivity index (χ0v) is 11.5. The number of carbonyl (C=O) groups is 1. The van der Waals surface area contributed by atoms with Crippen LogP contribution in [0.25, 0.3) is 0 Å². The second-order valence-corrected chi connectivity index (χ2v) is 4.41. The van der Waals surface area contributed by atoms with E-state index in [1.165, 1.54) is 13.2 Å². The summed E-state index contributed by atoms with van der Waals surface area (Å²) >= 11 is 0. The summed E-state index contributed by atoms with van der Waals surface area (Å²) in [6, 6.07) is 13.3. The first-order valence-corrected chi connectivity index (χ1v) is 6.40. The van der Waals surface area contributed by atoms with Crippen molar-refractivity contribution in [2.45, 2.75) is 5.92 Å². The molecule has 0 heterocycles. The lowest BCUT2D eigenvalue weighted by Crippen LogP contribution is -2.19. The Hall–Kier alpha value is -2.69. The van der Waals surface area contributed by atoms with Crippen LogP contribution in [0.15, 0.2) is 48.5 Å². The van der Waals surface area contributed by atoms with E-state index >= 15 is 0 Å². The number of carboxylic acids is 1. The minimum Gasteiger partial charge on any atom is -0.508 e. The summed E-state index contributed by atoms with van der Waals surface area (Å²) in [5, 5.41) is 19.1. The molecule has 110 valence electrons. The summed E-state index contributed by atoms with van der Waals surface area (Å²) < 4.78 is 10.7. The van der Waals surface area contributed by atoms with Crippen molar-refractivity contribution < 1.29 is 24.5 Å². The molecular weight excluding hydrogens is 272 g/mol. The highest BCUT2D eigenvalue weighted by molar-refractivity contribution is 5.77. The first-order chi connectivity index (χ1) is 10.1. The Bertz CT molecular complexity index is 624. The second kappa shape index (κ2) is 6.65. The van der Waals surface area contributed by atoms with E-state index in [2.05, 4.69) is 0 Å². The highest BCUT2D eigenvalue weighted by Gasteiger charge is 2.24. The van der Waals surface area contributed by atoms with E-state index in [-0.39, 0.29) is 12.4 Å². The van der Waals surface area contributed by atoms with E-state index in [1.54, 1.807) is 42.5 Å². The number of hydrogen-bond donors (Lipinski definition) is 2. The Morgan fingerprint density at radius 3 is 2.33 bits per heavy atom. The summed E-state index contributed by atoms with van der Waals surface area (Å²) in [7, 11) is 1.51. The van der Waals surface area contributed by atoms with E-state index in [0.717, 1.165) is 0 Å². The minimum atomic E-state index is -1.06. The molecule has 0 aliphatic heterocycles. The third kappa shape index (κ3) is 3.45. The number of aliphatic carboxylic acids is 1. The number of rotatable bonds is 6. The molecule has 0 radical (unpaired) electrons. The number of phenols is 1. The normalized spacial score (nSPS) is 11.7. The number of carboxylic acid groups (broad SMARTS) is 1. The van der Waals surface area contributed by atoms with Gasteiger partial charge in [-0.1, -0.05) is 30.3 Å². The molecule has 2 rings (SSSR count). The molecule has 0 fully saturated rings. The fourth-order valence-electron chi connectivity index (χ4n) is 1.99. The van der Waals surface area contributed by atoms with Crippen LogP contribution in [0.3, 0.4) is 0 Å². The lowest BCUT2D eigenvalue weighted by Gasteiger charge is -2.16. The summed E-state index contributed by atoms with van der Waals surface area (Å²) in [4.78, 5) is 11.4. The van der Waals surface area contributed by atoms with Crippen molar-refractivity contribution in [3.05, 3.63) is 54.1 Å². The van der Waals surface area contributed by atoms with Gasteiger partial charge in [0.25, 0.3) is 0 Å². The highest BCUT2D eigenvalue weighted by atomic mass is 16.5. The van der Waals surface area contributed by atoms with Gasteiger partial charge in [-0.15, -0.1) is 0 Å². The molecule has 0 bridgehead atoms. The van der Waals surface area contributed by atoms with Gasteiger partial charge in [-0.25, -0.2) is 0 Å². The molecule has 0 amide bonds. The summed E-state index contributed by atoms with van der Waals surface area (Å²) in [6.07, 6.45) is 0. The van der Waals surface area contributed by atoms with Gasteiger partial charge >= 0.3 is 5.97 Å². The maximum atomic E-state index is 11.4. The van der Waals surface area contributed by atoms with Crippen LogP contribution in [0, 0.1) is 0 Å². The van der Waals surface area contributed by atoms with Crippen molar-refractivity contribution in [3.63, 3.8) is 0 Å². The predicted octanol–water partition coefficient (Wildman–Crippen LogP) is 2.65. The lowest BCUT2D eigenvalue weighted by molar-refractivity contribution is -0.139. The minimum absolute atomic E-state index is 0.0615. The number of benzene rings is 2. The predicted molar refractivity (Wildman–Crippen MR) is 77.0 cm³/mol. The number of methoxy groups -OCH3 is 1. The fraction of sp³-hybridized carbons (Fsp3) is 0.188. The van der Waals surface area contributed by atoms with Gasteiger partial charge in [0.2, 0.25) is 0 Å². The third-order valence-corrected chi connectivity index (χ3v) is 3.08. The van der Waals surface area contributed by atoms with Gasteiger partial charge < -0.3 is 19.7 Å². The van der Waals surface area contributed by atoms with Crippen LogP contribution in [-0.4, -0.2) is 29.9 Å². The molecule has 0 saturated heterocycles. The molecule has 0 spiro atoms. The number of para-hydroxylation sites is 3. The van der Waals surface area contributed by atoms with Crippen LogP contribution < -0.4 is 9.47 Å².